The van der Waals surface area contributed by atoms with Crippen molar-refractivity contribution in [2.24, 2.45) is 0 Å². The number of ether oxygens (including phenoxy) is 1. The van der Waals surface area contributed by atoms with Gasteiger partial charge in [0.25, 0.3) is 0 Å². The highest BCUT2D eigenvalue weighted by Gasteiger charge is 2.54. The fourth-order valence-electron chi connectivity index (χ4n) is 6.01. The summed E-state index contributed by atoms with van der Waals surface area (Å²) in [7, 11) is 0. The molecule has 1 spiro atoms. The molecule has 2 aliphatic heterocycles. The van der Waals surface area contributed by atoms with E-state index in [9.17, 15) is 14.9 Å². The van der Waals surface area contributed by atoms with Gasteiger partial charge in [-0.15, -0.1) is 0 Å². The molecule has 1 atom stereocenters. The molecule has 9 nitrogen and oxygen atoms in total. The van der Waals surface area contributed by atoms with Crippen molar-refractivity contribution in [1.29, 1.82) is 5.26 Å². The molecule has 2 fully saturated rings. The number of carbonyl (C=O) groups is 2. The lowest BCUT2D eigenvalue weighted by molar-refractivity contribution is -0.132. The molecule has 0 radical (unpaired) electrons. The molecule has 1 aromatic carbocycles. The number of hydrogen-bond donors (Lipinski definition) is 1. The van der Waals surface area contributed by atoms with E-state index in [4.69, 9.17) is 4.74 Å². The summed E-state index contributed by atoms with van der Waals surface area (Å²) in [4.78, 5) is 34.2. The number of rotatable bonds is 4. The Morgan fingerprint density at radius 2 is 2.11 bits per heavy atom. The van der Waals surface area contributed by atoms with E-state index in [-0.39, 0.29) is 24.5 Å². The summed E-state index contributed by atoms with van der Waals surface area (Å²) in [6.07, 6.45) is 6.54. The van der Waals surface area contributed by atoms with Gasteiger partial charge in [-0.2, -0.15) is 10.4 Å². The van der Waals surface area contributed by atoms with Gasteiger partial charge in [0.1, 0.15) is 24.2 Å². The molecule has 1 saturated heterocycles. The van der Waals surface area contributed by atoms with Crippen LogP contribution in [0.2, 0.25) is 0 Å². The third-order valence-corrected chi connectivity index (χ3v) is 7.79. The van der Waals surface area contributed by atoms with Crippen LogP contribution in [0, 0.1) is 17.1 Å². The predicted molar refractivity (Wildman–Crippen MR) is 128 cm³/mol. The maximum Gasteiger partial charge on any atom is 0.243 e. The standard InChI is InChI=1S/C26H25FN6O3/c27-20-4-1-5-21-23(20)26(25(35)33(21)15-22(34)32-10-2-3-17(32)12-28)8-6-18(7-9-26)36-19-11-16-13-30-31-24(16)29-14-19/h1,4-5,11,13-14,17-18H,2-3,6-10,15H2,(H,29,30,31)/t17-,18?,26?/m0/s1. The number of nitrogens with one attached hydrogen (secondary N) is 1. The summed E-state index contributed by atoms with van der Waals surface area (Å²) >= 11 is 0. The van der Waals surface area contributed by atoms with Crippen LogP contribution in [0.3, 0.4) is 0 Å². The average molecular weight is 489 g/mol. The molecule has 3 aromatic rings. The number of anilines is 1. The Bertz CT molecular complexity index is 1390. The molecule has 0 bridgehead atoms. The highest BCUT2D eigenvalue weighted by molar-refractivity contribution is 6.10. The third-order valence-electron chi connectivity index (χ3n) is 7.79. The largest absolute Gasteiger partial charge is 0.489 e. The van der Waals surface area contributed by atoms with Crippen molar-refractivity contribution in [2.75, 3.05) is 18.0 Å². The van der Waals surface area contributed by atoms with Crippen LogP contribution in [-0.2, 0) is 15.0 Å². The van der Waals surface area contributed by atoms with Crippen molar-refractivity contribution in [3.05, 3.63) is 48.0 Å². The Morgan fingerprint density at radius 1 is 1.28 bits per heavy atom. The molecule has 2 aromatic heterocycles. The first kappa shape index (κ1) is 22.5. The van der Waals surface area contributed by atoms with Gasteiger partial charge in [0.05, 0.1) is 35.7 Å². The maximum absolute atomic E-state index is 15.2. The molecule has 1 saturated carbocycles. The number of aromatic nitrogens is 3. The van der Waals surface area contributed by atoms with Crippen LogP contribution in [0.25, 0.3) is 11.0 Å². The van der Waals surface area contributed by atoms with Gasteiger partial charge >= 0.3 is 0 Å². The minimum atomic E-state index is -1.02. The first-order valence-corrected chi connectivity index (χ1v) is 12.3. The van der Waals surface area contributed by atoms with Crippen molar-refractivity contribution >= 4 is 28.5 Å². The Hall–Kier alpha value is -4.00. The quantitative estimate of drug-likeness (QED) is 0.603. The van der Waals surface area contributed by atoms with E-state index in [0.29, 0.717) is 61.3 Å². The van der Waals surface area contributed by atoms with Crippen molar-refractivity contribution in [3.8, 4) is 11.8 Å². The van der Waals surface area contributed by atoms with Crippen molar-refractivity contribution < 1.29 is 18.7 Å². The fraction of sp³-hybridized carbons (Fsp3) is 0.423. The van der Waals surface area contributed by atoms with Crippen molar-refractivity contribution in [3.63, 3.8) is 0 Å². The van der Waals surface area contributed by atoms with Gasteiger partial charge in [-0.1, -0.05) is 6.07 Å². The van der Waals surface area contributed by atoms with Gasteiger partial charge in [0.2, 0.25) is 11.8 Å². The van der Waals surface area contributed by atoms with Gasteiger partial charge in [-0.25, -0.2) is 9.37 Å². The number of benzene rings is 1. The molecule has 3 aliphatic rings. The summed E-state index contributed by atoms with van der Waals surface area (Å²) < 4.78 is 21.4. The van der Waals surface area contributed by atoms with Gasteiger partial charge in [-0.3, -0.25) is 14.7 Å². The number of halogens is 1. The monoisotopic (exact) mass is 488 g/mol. The summed E-state index contributed by atoms with van der Waals surface area (Å²) in [5, 5.41) is 17.0. The van der Waals surface area contributed by atoms with E-state index in [0.717, 1.165) is 11.8 Å². The first-order valence-electron chi connectivity index (χ1n) is 12.3. The van der Waals surface area contributed by atoms with Gasteiger partial charge in [0, 0.05) is 17.5 Å². The zero-order chi connectivity index (χ0) is 24.9. The van der Waals surface area contributed by atoms with Crippen LogP contribution >= 0.6 is 0 Å². The second kappa shape index (κ2) is 8.59. The summed E-state index contributed by atoms with van der Waals surface area (Å²) in [6, 6.07) is 8.21. The smallest absolute Gasteiger partial charge is 0.243 e. The van der Waals surface area contributed by atoms with E-state index < -0.39 is 17.3 Å². The molecule has 1 N–H and O–H groups in total. The molecular weight excluding hydrogens is 463 g/mol. The Labute approximate surface area is 206 Å². The maximum atomic E-state index is 15.2. The number of likely N-dealkylation sites (tertiary alicyclic amines) is 1. The SMILES string of the molecule is N#C[C@@H]1CCCN1C(=O)CN1C(=O)C2(CCC(Oc3cnc4[nH]ncc4c3)CC2)c2c(F)cccc21. The predicted octanol–water partition coefficient (Wildman–Crippen LogP) is 3.22. The van der Waals surface area contributed by atoms with Crippen LogP contribution in [-0.4, -0.2) is 57.1 Å². The highest BCUT2D eigenvalue weighted by Crippen LogP contribution is 2.51. The van der Waals surface area contributed by atoms with Crippen molar-refractivity contribution in [1.82, 2.24) is 20.1 Å². The number of H-pyrrole nitrogens is 1. The Balaban J connectivity index is 1.22. The lowest BCUT2D eigenvalue weighted by Gasteiger charge is -2.36. The minimum Gasteiger partial charge on any atom is -0.489 e. The number of carbonyl (C=O) groups excluding carboxylic acids is 2. The van der Waals surface area contributed by atoms with Crippen LogP contribution in [0.1, 0.15) is 44.1 Å². The van der Waals surface area contributed by atoms with Crippen LogP contribution in [0.15, 0.2) is 36.7 Å². The molecule has 0 unspecified atom stereocenters. The molecule has 2 amide bonds. The number of aromatic amines is 1. The Kier molecular flexibility index (Phi) is 5.36. The number of fused-ring (bicyclic) bond motifs is 3. The van der Waals surface area contributed by atoms with Crippen molar-refractivity contribution in [2.45, 2.75) is 56.1 Å². The molecule has 4 heterocycles. The van der Waals surface area contributed by atoms with Crippen LogP contribution in [0.5, 0.6) is 5.75 Å². The highest BCUT2D eigenvalue weighted by atomic mass is 19.1. The molecular formula is C26H25FN6O3. The van der Waals surface area contributed by atoms with Crippen LogP contribution in [0.4, 0.5) is 10.1 Å². The van der Waals surface area contributed by atoms with Gasteiger partial charge < -0.3 is 14.5 Å². The zero-order valence-electron chi connectivity index (χ0n) is 19.6. The lowest BCUT2D eigenvalue weighted by atomic mass is 9.69. The first-order chi connectivity index (χ1) is 17.5. The number of nitrogens with zero attached hydrogens (tertiary/aromatic N) is 5. The molecule has 184 valence electrons. The minimum absolute atomic E-state index is 0.138. The van der Waals surface area contributed by atoms with Gasteiger partial charge in [-0.05, 0) is 56.7 Å². The molecule has 36 heavy (non-hydrogen) atoms. The van der Waals surface area contributed by atoms with Gasteiger partial charge in [0.15, 0.2) is 5.65 Å². The second-order valence-electron chi connectivity index (χ2n) is 9.78. The summed E-state index contributed by atoms with van der Waals surface area (Å²) in [5.74, 6) is -0.331. The van der Waals surface area contributed by atoms with E-state index in [2.05, 4.69) is 21.3 Å². The number of amides is 2. The number of hydrogen-bond acceptors (Lipinski definition) is 6. The Morgan fingerprint density at radius 3 is 2.92 bits per heavy atom. The normalized spacial score (nSPS) is 25.4. The van der Waals surface area contributed by atoms with E-state index in [1.54, 1.807) is 24.5 Å². The van der Waals surface area contributed by atoms with E-state index in [1.165, 1.54) is 15.9 Å². The summed E-state index contributed by atoms with van der Waals surface area (Å²) in [6.45, 7) is 0.310. The van der Waals surface area contributed by atoms with E-state index >= 15 is 4.39 Å². The molecule has 1 aliphatic carbocycles. The lowest BCUT2D eigenvalue weighted by Crippen LogP contribution is -2.48. The van der Waals surface area contributed by atoms with E-state index in [1.807, 2.05) is 6.07 Å². The topological polar surface area (TPSA) is 115 Å². The summed E-state index contributed by atoms with van der Waals surface area (Å²) in [5.41, 5.74) is 0.488. The zero-order valence-corrected chi connectivity index (χ0v) is 19.6. The average Bonchev–Trinajstić information content (AvgIpc) is 3.60. The van der Waals surface area contributed by atoms with Crippen LogP contribution < -0.4 is 9.64 Å². The number of nitriles is 1. The second-order valence-corrected chi connectivity index (χ2v) is 9.78. The molecule has 6 rings (SSSR count). The third kappa shape index (κ3) is 3.49. The number of pyridine rings is 1. The molecule has 10 heteroatoms. The fourth-order valence-corrected chi connectivity index (χ4v) is 6.01.